The van der Waals surface area contributed by atoms with Crippen LogP contribution in [-0.4, -0.2) is 58.1 Å². The van der Waals surface area contributed by atoms with Crippen molar-refractivity contribution in [2.45, 2.75) is 24.3 Å². The number of sulfonamides is 1. The molecule has 32 heavy (non-hydrogen) atoms. The first-order valence-corrected chi connectivity index (χ1v) is 11.7. The Kier molecular flexibility index (Phi) is 7.83. The minimum Gasteiger partial charge on any atom is -0.450 e. The second-order valence-electron chi connectivity index (χ2n) is 6.82. The van der Waals surface area contributed by atoms with Crippen LogP contribution < -0.4 is 20.3 Å². The first kappa shape index (κ1) is 23.7. The summed E-state index contributed by atoms with van der Waals surface area (Å²) in [5.41, 5.74) is 1.46. The van der Waals surface area contributed by atoms with Gasteiger partial charge in [0.15, 0.2) is 11.6 Å². The molecular weight excluding hydrogens is 458 g/mol. The number of benzene rings is 1. The first-order valence-electron chi connectivity index (χ1n) is 9.80. The van der Waals surface area contributed by atoms with Crippen molar-refractivity contribution in [1.82, 2.24) is 20.0 Å². The molecule has 1 aliphatic heterocycles. The number of anilines is 2. The molecule has 0 unspecified atom stereocenters. The van der Waals surface area contributed by atoms with Gasteiger partial charge in [0.05, 0.1) is 18.2 Å². The third-order valence-corrected chi connectivity index (χ3v) is 6.33. The summed E-state index contributed by atoms with van der Waals surface area (Å²) in [4.78, 5) is 26.2. The van der Waals surface area contributed by atoms with Crippen molar-refractivity contribution < 1.29 is 17.9 Å². The zero-order valence-corrected chi connectivity index (χ0v) is 19.0. The van der Waals surface area contributed by atoms with Crippen LogP contribution in [0.15, 0.2) is 34.2 Å². The lowest BCUT2D eigenvalue weighted by atomic mass is 10.2. The normalized spacial score (nSPS) is 12.8. The molecule has 1 amide bonds. The third kappa shape index (κ3) is 5.84. The van der Waals surface area contributed by atoms with Gasteiger partial charge in [-0.15, -0.1) is 0 Å². The van der Waals surface area contributed by atoms with Crippen LogP contribution in [-0.2, 0) is 21.3 Å². The Balaban J connectivity index is 1.36. The van der Waals surface area contributed by atoms with Gasteiger partial charge in [-0.1, -0.05) is 12.1 Å². The maximum Gasteiger partial charge on any atom is 0.407 e. The lowest BCUT2D eigenvalue weighted by molar-refractivity contribution is 0.143. The van der Waals surface area contributed by atoms with Crippen molar-refractivity contribution in [2.75, 3.05) is 37.1 Å². The highest BCUT2D eigenvalue weighted by Crippen LogP contribution is 2.37. The number of hydrogen-bond donors (Lipinski definition) is 3. The number of carbonyl (C=O) groups is 1. The summed E-state index contributed by atoms with van der Waals surface area (Å²) in [5, 5.41) is 5.93. The Morgan fingerprint density at radius 2 is 2.06 bits per heavy atom. The van der Waals surface area contributed by atoms with Crippen LogP contribution in [0.3, 0.4) is 0 Å². The average molecular weight is 482 g/mol. The van der Waals surface area contributed by atoms with E-state index in [4.69, 9.17) is 16.3 Å². The highest BCUT2D eigenvalue weighted by molar-refractivity contribution is 7.89. The molecule has 1 aliphatic rings. The van der Waals surface area contributed by atoms with Crippen LogP contribution in [0.4, 0.5) is 22.1 Å². The number of hydrogen-bond acceptors (Lipinski definition) is 9. The Bertz CT molecular complexity index is 1080. The van der Waals surface area contributed by atoms with E-state index in [1.54, 1.807) is 12.1 Å². The number of carbonyl (C=O) groups excluding carboxylic acids is 1. The molecule has 0 saturated carbocycles. The highest BCUT2D eigenvalue weighted by Gasteiger charge is 2.24. The minimum absolute atomic E-state index is 0.109. The molecule has 0 radical (unpaired) electrons. The van der Waals surface area contributed by atoms with Crippen LogP contribution >= 0.6 is 11.6 Å². The molecule has 2 aromatic rings. The van der Waals surface area contributed by atoms with E-state index in [-0.39, 0.29) is 23.3 Å². The van der Waals surface area contributed by atoms with Crippen LogP contribution in [0.1, 0.15) is 18.4 Å². The van der Waals surface area contributed by atoms with Gasteiger partial charge in [-0.2, -0.15) is 9.97 Å². The van der Waals surface area contributed by atoms with Gasteiger partial charge in [0, 0.05) is 13.1 Å². The summed E-state index contributed by atoms with van der Waals surface area (Å²) >= 11 is 5.94. The third-order valence-electron chi connectivity index (χ3n) is 4.73. The van der Waals surface area contributed by atoms with Crippen molar-refractivity contribution in [3.8, 4) is 0 Å². The van der Waals surface area contributed by atoms with Crippen molar-refractivity contribution in [3.63, 3.8) is 0 Å². The predicted octanol–water partition coefficient (Wildman–Crippen LogP) is 2.27. The van der Waals surface area contributed by atoms with Gasteiger partial charge in [0.2, 0.25) is 15.3 Å². The van der Waals surface area contributed by atoms with Crippen LogP contribution in [0, 0.1) is 0 Å². The SMILES string of the molecule is C=Nc1nc(Cl)nc2c1NCN2CCCCOC(=O)NCc1ccc(S(=O)(=O)NC)cc1. The molecule has 13 heteroatoms. The average Bonchev–Trinajstić information content (AvgIpc) is 3.19. The standard InChI is InChI=1S/C19H24ClN7O4S/c1-21-16-15-17(26-18(20)25-16)27(12-24-15)9-3-4-10-31-19(28)23-11-13-5-7-14(8-6-13)32(29,30)22-2/h5-8,22,24H,1,3-4,9-12H2,2H3,(H,23,28). The van der Waals surface area contributed by atoms with Gasteiger partial charge in [-0.3, -0.25) is 0 Å². The summed E-state index contributed by atoms with van der Waals surface area (Å²) in [6, 6.07) is 6.22. The lowest BCUT2D eigenvalue weighted by Crippen LogP contribution is -2.26. The van der Waals surface area contributed by atoms with E-state index in [9.17, 15) is 13.2 Å². The highest BCUT2D eigenvalue weighted by atomic mass is 35.5. The fourth-order valence-corrected chi connectivity index (χ4v) is 3.94. The molecule has 0 spiro atoms. The van der Waals surface area contributed by atoms with E-state index in [2.05, 4.69) is 37.0 Å². The maximum atomic E-state index is 11.9. The van der Waals surface area contributed by atoms with E-state index in [1.165, 1.54) is 19.2 Å². The Morgan fingerprint density at radius 1 is 1.31 bits per heavy atom. The second kappa shape index (κ2) is 10.6. The van der Waals surface area contributed by atoms with Crippen LogP contribution in [0.2, 0.25) is 5.28 Å². The largest absolute Gasteiger partial charge is 0.450 e. The number of alkyl carbamates (subject to hydrolysis) is 1. The number of nitrogens with one attached hydrogen (secondary N) is 3. The van der Waals surface area contributed by atoms with Gasteiger partial charge < -0.3 is 20.3 Å². The molecule has 3 rings (SSSR count). The molecular formula is C19H24ClN7O4S. The Morgan fingerprint density at radius 3 is 2.75 bits per heavy atom. The van der Waals surface area contributed by atoms with Crippen molar-refractivity contribution >= 4 is 51.8 Å². The van der Waals surface area contributed by atoms with Gasteiger partial charge in [-0.25, -0.2) is 22.9 Å². The second-order valence-corrected chi connectivity index (χ2v) is 9.04. The molecule has 0 bridgehead atoms. The van der Waals surface area contributed by atoms with E-state index >= 15 is 0 Å². The van der Waals surface area contributed by atoms with Crippen LogP contribution in [0.25, 0.3) is 0 Å². The van der Waals surface area contributed by atoms with Crippen molar-refractivity contribution in [3.05, 3.63) is 35.1 Å². The number of unbranched alkanes of at least 4 members (excludes halogenated alkanes) is 1. The van der Waals surface area contributed by atoms with Crippen LogP contribution in [0.5, 0.6) is 0 Å². The molecule has 172 valence electrons. The molecule has 0 aliphatic carbocycles. The summed E-state index contributed by atoms with van der Waals surface area (Å²) in [6.45, 7) is 5.24. The van der Waals surface area contributed by atoms with Gasteiger partial charge >= 0.3 is 6.09 Å². The molecule has 0 saturated heterocycles. The Hall–Kier alpha value is -2.96. The zero-order valence-electron chi connectivity index (χ0n) is 17.5. The zero-order chi connectivity index (χ0) is 23.1. The summed E-state index contributed by atoms with van der Waals surface area (Å²) in [5.74, 6) is 1.10. The first-order chi connectivity index (χ1) is 15.3. The number of ether oxygens (including phenoxy) is 1. The predicted molar refractivity (Wildman–Crippen MR) is 122 cm³/mol. The van der Waals surface area contributed by atoms with E-state index in [0.29, 0.717) is 37.0 Å². The van der Waals surface area contributed by atoms with Gasteiger partial charge in [-0.05, 0) is 55.9 Å². The summed E-state index contributed by atoms with van der Waals surface area (Å²) in [7, 11) is -2.13. The molecule has 0 fully saturated rings. The van der Waals surface area contributed by atoms with Gasteiger partial charge in [0.1, 0.15) is 5.69 Å². The van der Waals surface area contributed by atoms with Crippen molar-refractivity contribution in [2.24, 2.45) is 4.99 Å². The van der Waals surface area contributed by atoms with E-state index in [0.717, 1.165) is 12.0 Å². The van der Waals surface area contributed by atoms with E-state index in [1.807, 2.05) is 4.90 Å². The molecule has 2 heterocycles. The number of rotatable bonds is 10. The van der Waals surface area contributed by atoms with Crippen molar-refractivity contribution in [1.29, 1.82) is 0 Å². The minimum atomic E-state index is -3.48. The maximum absolute atomic E-state index is 11.9. The molecule has 0 atom stereocenters. The number of nitrogens with zero attached hydrogens (tertiary/aromatic N) is 4. The summed E-state index contributed by atoms with van der Waals surface area (Å²) in [6.07, 6.45) is 0.904. The smallest absolute Gasteiger partial charge is 0.407 e. The summed E-state index contributed by atoms with van der Waals surface area (Å²) < 4.78 is 30.9. The lowest BCUT2D eigenvalue weighted by Gasteiger charge is -2.16. The van der Waals surface area contributed by atoms with E-state index < -0.39 is 16.1 Å². The quantitative estimate of drug-likeness (QED) is 0.267. The number of aromatic nitrogens is 2. The monoisotopic (exact) mass is 481 g/mol. The molecule has 1 aromatic heterocycles. The molecule has 1 aromatic carbocycles. The topological polar surface area (TPSA) is 138 Å². The Labute approximate surface area is 191 Å². The number of halogens is 1. The number of fused-ring (bicyclic) bond motifs is 1. The molecule has 3 N–H and O–H groups in total. The molecule has 11 nitrogen and oxygen atoms in total. The number of amides is 1. The fraction of sp³-hybridized carbons (Fsp3) is 0.368. The van der Waals surface area contributed by atoms with Gasteiger partial charge in [0.25, 0.3) is 0 Å². The number of aliphatic imine (C=N–C) groups is 1. The fourth-order valence-electron chi connectivity index (χ4n) is 3.05.